The van der Waals surface area contributed by atoms with Crippen LogP contribution in [0.1, 0.15) is 10.4 Å². The Hall–Kier alpha value is -2.70. The van der Waals surface area contributed by atoms with Gasteiger partial charge < -0.3 is 14.8 Å². The molecule has 1 heterocycles. The van der Waals surface area contributed by atoms with Crippen molar-refractivity contribution in [1.29, 1.82) is 0 Å². The molecule has 0 bridgehead atoms. The van der Waals surface area contributed by atoms with Crippen molar-refractivity contribution in [2.24, 2.45) is 0 Å². The molecule has 0 aliphatic heterocycles. The third-order valence-electron chi connectivity index (χ3n) is 2.05. The summed E-state index contributed by atoms with van der Waals surface area (Å²) in [5.74, 6) is -2.25. The number of benzene rings is 1. The highest BCUT2D eigenvalue weighted by Gasteiger charge is 2.11. The van der Waals surface area contributed by atoms with E-state index in [2.05, 4.69) is 9.97 Å². The summed E-state index contributed by atoms with van der Waals surface area (Å²) in [5, 5.41) is 8.64. The SMILES string of the molecule is O=C(O)c1ccc(Oc2cc(=O)[nH]cn2)cc1F. The predicted octanol–water partition coefficient (Wildman–Crippen LogP) is 1.40. The van der Waals surface area contributed by atoms with Crippen molar-refractivity contribution in [2.45, 2.75) is 0 Å². The molecular weight excluding hydrogens is 243 g/mol. The molecule has 92 valence electrons. The van der Waals surface area contributed by atoms with Gasteiger partial charge in [0, 0.05) is 6.07 Å². The number of nitrogens with zero attached hydrogens (tertiary/aromatic N) is 1. The summed E-state index contributed by atoms with van der Waals surface area (Å²) >= 11 is 0. The number of halogens is 1. The van der Waals surface area contributed by atoms with Crippen molar-refractivity contribution in [3.05, 3.63) is 52.3 Å². The molecule has 0 saturated heterocycles. The summed E-state index contributed by atoms with van der Waals surface area (Å²) < 4.78 is 18.4. The zero-order valence-corrected chi connectivity index (χ0v) is 8.88. The smallest absolute Gasteiger partial charge is 0.338 e. The van der Waals surface area contributed by atoms with Gasteiger partial charge >= 0.3 is 5.97 Å². The van der Waals surface area contributed by atoms with Gasteiger partial charge in [0.2, 0.25) is 5.88 Å². The van der Waals surface area contributed by atoms with Gasteiger partial charge in [-0.2, -0.15) is 0 Å². The van der Waals surface area contributed by atoms with Gasteiger partial charge in [0.1, 0.15) is 11.6 Å². The van der Waals surface area contributed by atoms with Crippen LogP contribution in [0.25, 0.3) is 0 Å². The molecule has 0 radical (unpaired) electrons. The van der Waals surface area contributed by atoms with E-state index in [0.717, 1.165) is 24.5 Å². The maximum atomic E-state index is 13.3. The van der Waals surface area contributed by atoms with Crippen molar-refractivity contribution < 1.29 is 19.0 Å². The minimum absolute atomic E-state index is 0.0128. The van der Waals surface area contributed by atoms with E-state index in [1.807, 2.05) is 0 Å². The standard InChI is InChI=1S/C11H7FN2O4/c12-8-3-6(1-2-7(8)11(16)17)18-10-4-9(15)13-5-14-10/h1-5H,(H,16,17)(H,13,14,15). The Morgan fingerprint density at radius 3 is 2.78 bits per heavy atom. The molecule has 0 unspecified atom stereocenters. The summed E-state index contributed by atoms with van der Waals surface area (Å²) in [6.07, 6.45) is 1.14. The minimum atomic E-state index is -1.37. The summed E-state index contributed by atoms with van der Waals surface area (Å²) in [4.78, 5) is 27.6. The molecule has 7 heteroatoms. The lowest BCUT2D eigenvalue weighted by Gasteiger charge is -2.04. The van der Waals surface area contributed by atoms with Crippen molar-refractivity contribution in [3.8, 4) is 11.6 Å². The van der Waals surface area contributed by atoms with Gasteiger partial charge in [-0.1, -0.05) is 0 Å². The maximum absolute atomic E-state index is 13.3. The number of rotatable bonds is 3. The fraction of sp³-hybridized carbons (Fsp3) is 0. The molecular formula is C11H7FN2O4. The second kappa shape index (κ2) is 4.66. The zero-order valence-electron chi connectivity index (χ0n) is 8.88. The van der Waals surface area contributed by atoms with E-state index in [-0.39, 0.29) is 11.6 Å². The highest BCUT2D eigenvalue weighted by Crippen LogP contribution is 2.20. The first-order valence-corrected chi connectivity index (χ1v) is 4.81. The highest BCUT2D eigenvalue weighted by atomic mass is 19.1. The van der Waals surface area contributed by atoms with Crippen LogP contribution in [0.15, 0.2) is 35.4 Å². The van der Waals surface area contributed by atoms with E-state index in [4.69, 9.17) is 9.84 Å². The first-order valence-electron chi connectivity index (χ1n) is 4.81. The first kappa shape index (κ1) is 11.8. The van der Waals surface area contributed by atoms with Crippen LogP contribution in [-0.4, -0.2) is 21.0 Å². The van der Waals surface area contributed by atoms with E-state index in [0.29, 0.717) is 0 Å². The van der Waals surface area contributed by atoms with Crippen LogP contribution in [0.2, 0.25) is 0 Å². The Morgan fingerprint density at radius 1 is 1.39 bits per heavy atom. The van der Waals surface area contributed by atoms with Crippen molar-refractivity contribution >= 4 is 5.97 Å². The molecule has 0 spiro atoms. The number of hydrogen-bond acceptors (Lipinski definition) is 4. The normalized spacial score (nSPS) is 10.1. The predicted molar refractivity (Wildman–Crippen MR) is 58.3 cm³/mol. The monoisotopic (exact) mass is 250 g/mol. The van der Waals surface area contributed by atoms with Crippen molar-refractivity contribution in [2.75, 3.05) is 0 Å². The van der Waals surface area contributed by atoms with Crippen LogP contribution in [0.4, 0.5) is 4.39 Å². The van der Waals surface area contributed by atoms with Gasteiger partial charge in [-0.05, 0) is 12.1 Å². The van der Waals surface area contributed by atoms with Crippen LogP contribution in [-0.2, 0) is 0 Å². The van der Waals surface area contributed by atoms with E-state index in [9.17, 15) is 14.0 Å². The number of aromatic nitrogens is 2. The number of hydrogen-bond donors (Lipinski definition) is 2. The molecule has 6 nitrogen and oxygen atoms in total. The number of H-pyrrole nitrogens is 1. The number of carboxylic acids is 1. The fourth-order valence-corrected chi connectivity index (χ4v) is 1.26. The Balaban J connectivity index is 2.28. The summed E-state index contributed by atoms with van der Waals surface area (Å²) in [6, 6.07) is 4.34. The second-order valence-corrected chi connectivity index (χ2v) is 3.30. The lowest BCUT2D eigenvalue weighted by Crippen LogP contribution is -2.05. The van der Waals surface area contributed by atoms with Crippen molar-refractivity contribution in [3.63, 3.8) is 0 Å². The minimum Gasteiger partial charge on any atom is -0.478 e. The second-order valence-electron chi connectivity index (χ2n) is 3.30. The lowest BCUT2D eigenvalue weighted by atomic mass is 10.2. The Kier molecular flexibility index (Phi) is 3.05. The first-order chi connectivity index (χ1) is 8.56. The van der Waals surface area contributed by atoms with E-state index < -0.39 is 22.9 Å². The van der Waals surface area contributed by atoms with E-state index >= 15 is 0 Å². The summed E-state index contributed by atoms with van der Waals surface area (Å²) in [5.41, 5.74) is -0.871. The van der Waals surface area contributed by atoms with E-state index in [1.165, 1.54) is 6.07 Å². The topological polar surface area (TPSA) is 92.3 Å². The van der Waals surface area contributed by atoms with Gasteiger partial charge in [0.15, 0.2) is 0 Å². The largest absolute Gasteiger partial charge is 0.478 e. The molecule has 0 amide bonds. The number of aromatic amines is 1. The van der Waals surface area contributed by atoms with Crippen molar-refractivity contribution in [1.82, 2.24) is 9.97 Å². The Morgan fingerprint density at radius 2 is 2.17 bits per heavy atom. The Labute approximate surface area is 99.7 Å². The van der Waals surface area contributed by atoms with Crippen LogP contribution in [0, 0.1) is 5.82 Å². The molecule has 1 aromatic heterocycles. The van der Waals surface area contributed by atoms with Crippen LogP contribution < -0.4 is 10.3 Å². The van der Waals surface area contributed by atoms with Gasteiger partial charge in [-0.3, -0.25) is 4.79 Å². The quantitative estimate of drug-likeness (QED) is 0.858. The van der Waals surface area contributed by atoms with Crippen LogP contribution in [0.5, 0.6) is 11.6 Å². The number of carboxylic acid groups (broad SMARTS) is 1. The number of ether oxygens (including phenoxy) is 1. The molecule has 0 aliphatic rings. The molecule has 2 N–H and O–H groups in total. The van der Waals surface area contributed by atoms with E-state index in [1.54, 1.807) is 0 Å². The van der Waals surface area contributed by atoms with Gasteiger partial charge in [-0.25, -0.2) is 14.2 Å². The van der Waals surface area contributed by atoms with Gasteiger partial charge in [0.05, 0.1) is 18.0 Å². The average Bonchev–Trinajstić information content (AvgIpc) is 2.28. The molecule has 18 heavy (non-hydrogen) atoms. The molecule has 0 aliphatic carbocycles. The molecule has 0 fully saturated rings. The number of nitrogens with one attached hydrogen (secondary N) is 1. The van der Waals surface area contributed by atoms with Crippen LogP contribution in [0.3, 0.4) is 0 Å². The number of aromatic carboxylic acids is 1. The summed E-state index contributed by atoms with van der Waals surface area (Å²) in [6.45, 7) is 0. The average molecular weight is 250 g/mol. The molecule has 2 aromatic rings. The Bertz CT molecular complexity index is 653. The fourth-order valence-electron chi connectivity index (χ4n) is 1.26. The summed E-state index contributed by atoms with van der Waals surface area (Å²) in [7, 11) is 0. The molecule has 0 atom stereocenters. The van der Waals surface area contributed by atoms with Gasteiger partial charge in [0.25, 0.3) is 5.56 Å². The zero-order chi connectivity index (χ0) is 13.1. The third-order valence-corrected chi connectivity index (χ3v) is 2.05. The number of carbonyl (C=O) groups is 1. The molecule has 0 saturated carbocycles. The molecule has 1 aromatic carbocycles. The lowest BCUT2D eigenvalue weighted by molar-refractivity contribution is 0.0692. The van der Waals surface area contributed by atoms with Gasteiger partial charge in [-0.15, -0.1) is 0 Å². The van der Waals surface area contributed by atoms with Crippen LogP contribution >= 0.6 is 0 Å². The molecule has 2 rings (SSSR count). The maximum Gasteiger partial charge on any atom is 0.338 e. The third kappa shape index (κ3) is 2.51. The highest BCUT2D eigenvalue weighted by molar-refractivity contribution is 5.88.